The van der Waals surface area contributed by atoms with Crippen LogP contribution < -0.4 is 67.2 Å². The van der Waals surface area contributed by atoms with Crippen LogP contribution >= 0.6 is 0 Å². The van der Waals surface area contributed by atoms with Crippen LogP contribution in [0.3, 0.4) is 0 Å². The number of fused-ring (bicyclic) bond motifs is 1. The molecule has 13 nitrogen and oxygen atoms in total. The van der Waals surface area contributed by atoms with Crippen LogP contribution in [0.4, 0.5) is 23.1 Å². The number of carbonyl (C=O) groups is 3. The van der Waals surface area contributed by atoms with Crippen LogP contribution in [0.1, 0.15) is 23.2 Å². The summed E-state index contributed by atoms with van der Waals surface area (Å²) in [6.07, 6.45) is -0.760. The predicted octanol–water partition coefficient (Wildman–Crippen LogP) is -4.61. The summed E-state index contributed by atoms with van der Waals surface area (Å²) in [4.78, 5) is 52.4. The molecule has 33 heavy (non-hydrogen) atoms. The molecule has 2 aromatic rings. The number of aliphatic carboxylic acids is 2. The number of carbonyl (C=O) groups excluding carboxylic acids is 2. The van der Waals surface area contributed by atoms with Gasteiger partial charge in [0.25, 0.3) is 11.5 Å². The summed E-state index contributed by atoms with van der Waals surface area (Å²) in [5, 5.41) is 31.3. The van der Waals surface area contributed by atoms with E-state index in [0.29, 0.717) is 30.3 Å². The first-order valence-corrected chi connectivity index (χ1v) is 9.70. The Morgan fingerprint density at radius 1 is 1.27 bits per heavy atom. The van der Waals surface area contributed by atoms with Gasteiger partial charge in [-0.05, 0) is 37.1 Å². The quantitative estimate of drug-likeness (QED) is 0.174. The number of benzene rings is 1. The summed E-state index contributed by atoms with van der Waals surface area (Å²) in [6, 6.07) is 4.84. The molecule has 0 saturated heterocycles. The second kappa shape index (κ2) is 11.5. The van der Waals surface area contributed by atoms with Crippen LogP contribution in [0, 0.1) is 0 Å². The molecule has 1 amide bonds. The average molecular weight is 467 g/mol. The predicted molar refractivity (Wildman–Crippen MR) is 113 cm³/mol. The van der Waals surface area contributed by atoms with E-state index in [9.17, 15) is 24.3 Å². The third-order valence-electron chi connectivity index (χ3n) is 4.74. The maximum Gasteiger partial charge on any atom is 1.00 e. The van der Waals surface area contributed by atoms with Gasteiger partial charge >= 0.3 is 35.5 Å². The second-order valence-electron chi connectivity index (χ2n) is 7.13. The summed E-state index contributed by atoms with van der Waals surface area (Å²) in [5.74, 6) is -2.95. The Bertz CT molecular complexity index is 1080. The topological polar surface area (TPSA) is 214 Å². The largest absolute Gasteiger partial charge is 1.00 e. The minimum atomic E-state index is -1.39. The molecule has 0 aliphatic carbocycles. The summed E-state index contributed by atoms with van der Waals surface area (Å²) >= 11 is 0. The van der Waals surface area contributed by atoms with Crippen LogP contribution in [-0.2, 0) is 9.59 Å². The number of carboxylic acid groups (broad SMARTS) is 2. The van der Waals surface area contributed by atoms with Gasteiger partial charge in [0.2, 0.25) is 5.95 Å². The zero-order valence-corrected chi connectivity index (χ0v) is 19.8. The Morgan fingerprint density at radius 2 is 1.97 bits per heavy atom. The molecule has 0 radical (unpaired) electrons. The number of carboxylic acids is 2. The molecular weight excluding hydrogens is 445 g/mol. The van der Waals surface area contributed by atoms with Crippen LogP contribution in [0.25, 0.3) is 0 Å². The number of nitrogen functional groups attached to an aromatic ring is 1. The Labute approximate surface area is 209 Å². The van der Waals surface area contributed by atoms with Crippen molar-refractivity contribution in [3.63, 3.8) is 0 Å². The number of aromatic nitrogens is 2. The summed E-state index contributed by atoms with van der Waals surface area (Å²) in [6.45, 7) is 0.949. The summed E-state index contributed by atoms with van der Waals surface area (Å²) in [5.41, 5.74) is 6.37. The molecule has 1 aromatic carbocycles. The van der Waals surface area contributed by atoms with E-state index in [-0.39, 0.29) is 59.1 Å². The van der Waals surface area contributed by atoms with Gasteiger partial charge in [-0.2, -0.15) is 4.98 Å². The molecule has 2 atom stereocenters. The molecule has 0 bridgehead atoms. The number of H-pyrrole nitrogens is 1. The molecule has 14 heteroatoms. The number of amides is 1. The van der Waals surface area contributed by atoms with Crippen molar-refractivity contribution in [3.8, 4) is 0 Å². The van der Waals surface area contributed by atoms with Crippen LogP contribution in [0.15, 0.2) is 29.1 Å². The van der Waals surface area contributed by atoms with Crippen molar-refractivity contribution in [2.24, 2.45) is 0 Å². The Kier molecular flexibility index (Phi) is 9.08. The molecule has 0 saturated carbocycles. The third kappa shape index (κ3) is 7.10. The molecule has 1 aromatic heterocycles. The number of hydrogen-bond donors (Lipinski definition) is 7. The zero-order chi connectivity index (χ0) is 23.3. The Balaban J connectivity index is 0.00000385. The van der Waals surface area contributed by atoms with Gasteiger partial charge in [0.1, 0.15) is 11.7 Å². The van der Waals surface area contributed by atoms with Gasteiger partial charge in [0, 0.05) is 30.3 Å². The van der Waals surface area contributed by atoms with Crippen molar-refractivity contribution < 1.29 is 54.2 Å². The van der Waals surface area contributed by atoms with Crippen molar-refractivity contribution in [2.75, 3.05) is 34.8 Å². The van der Waals surface area contributed by atoms with E-state index in [4.69, 9.17) is 10.8 Å². The average Bonchev–Trinajstić information content (AvgIpc) is 2.75. The van der Waals surface area contributed by atoms with Crippen molar-refractivity contribution in [1.82, 2.24) is 15.3 Å². The molecule has 170 valence electrons. The fraction of sp³-hybridized carbons (Fsp3) is 0.316. The van der Waals surface area contributed by atoms with Gasteiger partial charge in [-0.15, -0.1) is 0 Å². The SMILES string of the molecule is Nc1nc2c(c(=O)[nH]1)N[C@@H](CNc1ccc(C(=O)N[C@@H](CCC(=O)[O-])C(=O)O)cc1)CN2.[Na+]. The standard InChI is InChI=1S/C19H23N7O6.Na/c20-19-25-15-14(17(30)26-19)23-11(8-22-15)7-21-10-3-1-9(2-4-10)16(29)24-12(18(31)32)5-6-13(27)28;/h1-4,11-12,21,23H,5-8H2,(H,24,29)(H,27,28)(H,31,32)(H4,20,22,25,26,30);/q;+1/p-1/t11-,12-;/m0./s1. The van der Waals surface area contributed by atoms with Crippen LogP contribution in [0.2, 0.25) is 0 Å². The molecular formula is C19H22N7NaO6. The normalized spacial score (nSPS) is 15.0. The number of rotatable bonds is 9. The minimum absolute atomic E-state index is 0. The maximum absolute atomic E-state index is 12.3. The van der Waals surface area contributed by atoms with E-state index < -0.39 is 30.3 Å². The van der Waals surface area contributed by atoms with Crippen molar-refractivity contribution >= 4 is 41.0 Å². The van der Waals surface area contributed by atoms with Crippen molar-refractivity contribution in [3.05, 3.63) is 40.2 Å². The minimum Gasteiger partial charge on any atom is -0.550 e. The summed E-state index contributed by atoms with van der Waals surface area (Å²) in [7, 11) is 0. The summed E-state index contributed by atoms with van der Waals surface area (Å²) < 4.78 is 0. The number of nitrogens with two attached hydrogens (primary N) is 1. The van der Waals surface area contributed by atoms with E-state index in [1.807, 2.05) is 0 Å². The number of nitrogens with one attached hydrogen (secondary N) is 5. The van der Waals surface area contributed by atoms with Crippen LogP contribution in [-0.4, -0.2) is 58.1 Å². The van der Waals surface area contributed by atoms with E-state index in [0.717, 1.165) is 0 Å². The number of anilines is 4. The van der Waals surface area contributed by atoms with Gasteiger partial charge in [-0.1, -0.05) is 0 Å². The van der Waals surface area contributed by atoms with E-state index in [2.05, 4.69) is 31.2 Å². The zero-order valence-electron chi connectivity index (χ0n) is 17.8. The molecule has 1 aliphatic rings. The molecule has 1 aliphatic heterocycles. The molecule has 0 unspecified atom stereocenters. The Hall–Kier alpha value is -3.29. The fourth-order valence-corrected chi connectivity index (χ4v) is 3.09. The third-order valence-corrected chi connectivity index (χ3v) is 4.74. The molecule has 2 heterocycles. The molecule has 8 N–H and O–H groups in total. The first-order chi connectivity index (χ1) is 15.2. The van der Waals surface area contributed by atoms with Gasteiger partial charge in [-0.3, -0.25) is 14.6 Å². The molecule has 0 spiro atoms. The molecule has 0 fully saturated rings. The second-order valence-corrected chi connectivity index (χ2v) is 7.13. The van der Waals surface area contributed by atoms with E-state index in [1.54, 1.807) is 12.1 Å². The van der Waals surface area contributed by atoms with E-state index in [1.165, 1.54) is 12.1 Å². The van der Waals surface area contributed by atoms with Gasteiger partial charge in [0.05, 0.1) is 6.04 Å². The smallest absolute Gasteiger partial charge is 0.550 e. The number of aromatic amines is 1. The van der Waals surface area contributed by atoms with Crippen LogP contribution in [0.5, 0.6) is 0 Å². The fourth-order valence-electron chi connectivity index (χ4n) is 3.09. The first kappa shape index (κ1) is 26.0. The van der Waals surface area contributed by atoms with Crippen molar-refractivity contribution in [2.45, 2.75) is 24.9 Å². The Morgan fingerprint density at radius 3 is 2.61 bits per heavy atom. The van der Waals surface area contributed by atoms with E-state index >= 15 is 0 Å². The number of hydrogen-bond acceptors (Lipinski definition) is 10. The first-order valence-electron chi connectivity index (χ1n) is 9.70. The monoisotopic (exact) mass is 467 g/mol. The molecule has 3 rings (SSSR count). The van der Waals surface area contributed by atoms with Gasteiger partial charge in [0.15, 0.2) is 5.82 Å². The maximum atomic E-state index is 12.3. The number of nitrogens with zero attached hydrogens (tertiary/aromatic N) is 1. The van der Waals surface area contributed by atoms with Gasteiger partial charge in [-0.25, -0.2) is 4.79 Å². The van der Waals surface area contributed by atoms with Gasteiger partial charge < -0.3 is 42.0 Å². The van der Waals surface area contributed by atoms with Crippen molar-refractivity contribution in [1.29, 1.82) is 0 Å².